The van der Waals surface area contributed by atoms with Gasteiger partial charge in [-0.15, -0.1) is 0 Å². The molecule has 174 valence electrons. The molecule has 2 amide bonds. The molecular formula is C23H42N2O4S. The maximum Gasteiger partial charge on any atom is 0.408 e. The molecule has 0 aliphatic heterocycles. The van der Waals surface area contributed by atoms with Crippen LogP contribution in [0.1, 0.15) is 85.0 Å². The minimum atomic E-state index is -0.582. The molecule has 1 atom stereocenters. The molecule has 30 heavy (non-hydrogen) atoms. The molecule has 0 unspecified atom stereocenters. The molecule has 2 fully saturated rings. The number of methoxy groups -OCH3 is 1. The lowest BCUT2D eigenvalue weighted by molar-refractivity contribution is -0.129. The van der Waals surface area contributed by atoms with Gasteiger partial charge in [0.15, 0.2) is 0 Å². The normalized spacial score (nSPS) is 24.2. The van der Waals surface area contributed by atoms with Crippen LogP contribution < -0.4 is 5.32 Å². The van der Waals surface area contributed by atoms with Crippen molar-refractivity contribution in [3.63, 3.8) is 0 Å². The third-order valence-corrected chi connectivity index (χ3v) is 7.07. The fraction of sp³-hybridized carbons (Fsp3) is 0.913. The van der Waals surface area contributed by atoms with Gasteiger partial charge in [0.1, 0.15) is 11.6 Å². The molecule has 7 heteroatoms. The Labute approximate surface area is 187 Å². The SMILES string of the molecule is COC1CCC(CN(SC)C(=O)[C@@H](CC2CCCCC2)NC(=O)OC(C)(C)C)CC1. The van der Waals surface area contributed by atoms with E-state index in [1.54, 1.807) is 7.11 Å². The first kappa shape index (κ1) is 25.3. The van der Waals surface area contributed by atoms with Crippen molar-refractivity contribution in [1.29, 1.82) is 0 Å². The van der Waals surface area contributed by atoms with Gasteiger partial charge in [-0.05, 0) is 64.7 Å². The van der Waals surface area contributed by atoms with E-state index in [0.29, 0.717) is 24.4 Å². The smallest absolute Gasteiger partial charge is 0.408 e. The minimum absolute atomic E-state index is 0.00722. The first-order valence-corrected chi connectivity index (χ1v) is 12.8. The number of carbonyl (C=O) groups is 2. The number of nitrogens with zero attached hydrogens (tertiary/aromatic N) is 1. The summed E-state index contributed by atoms with van der Waals surface area (Å²) in [5.74, 6) is 0.987. The molecule has 2 rings (SSSR count). The van der Waals surface area contributed by atoms with Gasteiger partial charge in [-0.3, -0.25) is 9.10 Å². The molecule has 0 aromatic heterocycles. The van der Waals surface area contributed by atoms with Crippen LogP contribution in [0.5, 0.6) is 0 Å². The number of amides is 2. The average Bonchev–Trinajstić information content (AvgIpc) is 2.71. The van der Waals surface area contributed by atoms with Crippen LogP contribution in [-0.4, -0.2) is 54.0 Å². The van der Waals surface area contributed by atoms with Crippen LogP contribution >= 0.6 is 11.9 Å². The molecular weight excluding hydrogens is 400 g/mol. The van der Waals surface area contributed by atoms with Crippen molar-refractivity contribution in [3.8, 4) is 0 Å². The molecule has 0 spiro atoms. The number of nitrogens with one attached hydrogen (secondary N) is 1. The standard InChI is InChI=1S/C23H42N2O4S/c1-23(2,3)29-22(27)24-20(15-17-9-7-6-8-10-17)21(26)25(30-5)16-18-11-13-19(28-4)14-12-18/h17-20H,6-16H2,1-5H3,(H,24,27)/t18?,19?,20-/m1/s1. The van der Waals surface area contributed by atoms with Gasteiger partial charge in [0, 0.05) is 19.9 Å². The first-order valence-electron chi connectivity index (χ1n) is 11.6. The van der Waals surface area contributed by atoms with Crippen LogP contribution in [0.4, 0.5) is 4.79 Å². The molecule has 0 radical (unpaired) electrons. The second-order valence-corrected chi connectivity index (χ2v) is 10.7. The number of alkyl carbamates (subject to hydrolysis) is 1. The Hall–Kier alpha value is -0.950. The van der Waals surface area contributed by atoms with Crippen LogP contribution in [0.3, 0.4) is 0 Å². The zero-order chi connectivity index (χ0) is 22.1. The topological polar surface area (TPSA) is 67.9 Å². The molecule has 2 saturated carbocycles. The summed E-state index contributed by atoms with van der Waals surface area (Å²) in [7, 11) is 1.78. The molecule has 0 aromatic rings. The third kappa shape index (κ3) is 8.66. The van der Waals surface area contributed by atoms with Crippen molar-refractivity contribution in [2.45, 2.75) is 103 Å². The summed E-state index contributed by atoms with van der Waals surface area (Å²) in [6.45, 7) is 6.26. The molecule has 0 aromatic carbocycles. The lowest BCUT2D eigenvalue weighted by Crippen LogP contribution is -2.49. The van der Waals surface area contributed by atoms with E-state index in [1.807, 2.05) is 31.3 Å². The van der Waals surface area contributed by atoms with Crippen molar-refractivity contribution in [1.82, 2.24) is 9.62 Å². The van der Waals surface area contributed by atoms with Gasteiger partial charge in [0.05, 0.1) is 6.10 Å². The quantitative estimate of drug-likeness (QED) is 0.526. The van der Waals surface area contributed by atoms with Gasteiger partial charge in [-0.2, -0.15) is 0 Å². The summed E-state index contributed by atoms with van der Waals surface area (Å²) < 4.78 is 12.8. The van der Waals surface area contributed by atoms with E-state index in [4.69, 9.17) is 9.47 Å². The highest BCUT2D eigenvalue weighted by Crippen LogP contribution is 2.30. The Balaban J connectivity index is 2.01. The lowest BCUT2D eigenvalue weighted by Gasteiger charge is -2.34. The molecule has 1 N–H and O–H groups in total. The van der Waals surface area contributed by atoms with Crippen LogP contribution in [0.25, 0.3) is 0 Å². The Morgan fingerprint density at radius 3 is 2.20 bits per heavy atom. The number of hydrogen-bond donors (Lipinski definition) is 1. The Morgan fingerprint density at radius 2 is 1.67 bits per heavy atom. The summed E-state index contributed by atoms with van der Waals surface area (Å²) in [4.78, 5) is 25.9. The van der Waals surface area contributed by atoms with Gasteiger partial charge in [0.2, 0.25) is 0 Å². The van der Waals surface area contributed by atoms with Crippen molar-refractivity contribution < 1.29 is 19.1 Å². The van der Waals surface area contributed by atoms with Gasteiger partial charge >= 0.3 is 6.09 Å². The van der Waals surface area contributed by atoms with Crippen LogP contribution in [0, 0.1) is 11.8 Å². The minimum Gasteiger partial charge on any atom is -0.444 e. The number of carbonyl (C=O) groups excluding carboxylic acids is 2. The van der Waals surface area contributed by atoms with E-state index in [2.05, 4.69) is 5.32 Å². The summed E-state index contributed by atoms with van der Waals surface area (Å²) in [5.41, 5.74) is -0.582. The largest absolute Gasteiger partial charge is 0.444 e. The van der Waals surface area contributed by atoms with E-state index in [-0.39, 0.29) is 5.91 Å². The van der Waals surface area contributed by atoms with E-state index >= 15 is 0 Å². The van der Waals surface area contributed by atoms with E-state index < -0.39 is 17.7 Å². The number of rotatable bonds is 8. The van der Waals surface area contributed by atoms with Crippen LogP contribution in [-0.2, 0) is 14.3 Å². The van der Waals surface area contributed by atoms with Crippen molar-refractivity contribution in [3.05, 3.63) is 0 Å². The highest BCUT2D eigenvalue weighted by Gasteiger charge is 2.32. The van der Waals surface area contributed by atoms with Crippen LogP contribution in [0.2, 0.25) is 0 Å². The van der Waals surface area contributed by atoms with E-state index in [9.17, 15) is 9.59 Å². The summed E-state index contributed by atoms with van der Waals surface area (Å²) in [5, 5.41) is 2.90. The number of ether oxygens (including phenoxy) is 2. The van der Waals surface area contributed by atoms with Gasteiger partial charge in [-0.25, -0.2) is 4.79 Å². The van der Waals surface area contributed by atoms with Gasteiger partial charge in [-0.1, -0.05) is 44.1 Å². The fourth-order valence-corrected chi connectivity index (χ4v) is 5.31. The predicted octanol–water partition coefficient (Wildman–Crippen LogP) is 5.16. The van der Waals surface area contributed by atoms with E-state index in [0.717, 1.165) is 45.1 Å². The second kappa shape index (κ2) is 12.2. The molecule has 2 aliphatic carbocycles. The van der Waals surface area contributed by atoms with Gasteiger partial charge in [0.25, 0.3) is 5.91 Å². The molecule has 0 saturated heterocycles. The molecule has 2 aliphatic rings. The first-order chi connectivity index (χ1) is 14.2. The molecule has 6 nitrogen and oxygen atoms in total. The van der Waals surface area contributed by atoms with Crippen molar-refractivity contribution >= 4 is 23.9 Å². The molecule has 0 heterocycles. The average molecular weight is 443 g/mol. The molecule has 0 bridgehead atoms. The lowest BCUT2D eigenvalue weighted by atomic mass is 9.84. The Morgan fingerprint density at radius 1 is 1.03 bits per heavy atom. The Bertz CT molecular complexity index is 538. The zero-order valence-corrected chi connectivity index (χ0v) is 20.4. The zero-order valence-electron chi connectivity index (χ0n) is 19.6. The van der Waals surface area contributed by atoms with Gasteiger partial charge < -0.3 is 14.8 Å². The maximum atomic E-state index is 13.5. The maximum absolute atomic E-state index is 13.5. The summed E-state index contributed by atoms with van der Waals surface area (Å²) in [6.07, 6.45) is 12.8. The highest BCUT2D eigenvalue weighted by molar-refractivity contribution is 7.96. The third-order valence-electron chi connectivity index (χ3n) is 6.30. The summed E-state index contributed by atoms with van der Waals surface area (Å²) >= 11 is 1.47. The van der Waals surface area contributed by atoms with Crippen molar-refractivity contribution in [2.24, 2.45) is 11.8 Å². The van der Waals surface area contributed by atoms with Crippen LogP contribution in [0.15, 0.2) is 0 Å². The Kier molecular flexibility index (Phi) is 10.3. The fourth-order valence-electron chi connectivity index (χ4n) is 4.64. The highest BCUT2D eigenvalue weighted by atomic mass is 32.2. The number of hydrogen-bond acceptors (Lipinski definition) is 5. The summed E-state index contributed by atoms with van der Waals surface area (Å²) in [6, 6.07) is -0.522. The predicted molar refractivity (Wildman–Crippen MR) is 122 cm³/mol. The van der Waals surface area contributed by atoms with Crippen molar-refractivity contribution in [2.75, 3.05) is 19.9 Å². The monoisotopic (exact) mass is 442 g/mol. The second-order valence-electron chi connectivity index (χ2n) is 9.90. The van der Waals surface area contributed by atoms with E-state index in [1.165, 1.54) is 31.2 Å².